The highest BCUT2D eigenvalue weighted by Gasteiger charge is 2.04. The van der Waals surface area contributed by atoms with E-state index in [1.54, 1.807) is 33.5 Å². The second kappa shape index (κ2) is 3.85. The van der Waals surface area contributed by atoms with E-state index in [2.05, 4.69) is 6.07 Å². The van der Waals surface area contributed by atoms with Gasteiger partial charge in [-0.05, 0) is 12.1 Å². The largest absolute Gasteiger partial charge is 0.496 e. The molecule has 1 aromatic carbocycles. The van der Waals surface area contributed by atoms with E-state index >= 15 is 0 Å². The lowest BCUT2D eigenvalue weighted by molar-refractivity contribution is 0.348. The zero-order chi connectivity index (χ0) is 8.97. The first kappa shape index (κ1) is 8.71. The molecule has 65 valence electrons. The van der Waals surface area contributed by atoms with Gasteiger partial charge >= 0.3 is 0 Å². The van der Waals surface area contributed by atoms with Crippen molar-refractivity contribution in [3.05, 3.63) is 18.2 Å². The van der Waals surface area contributed by atoms with Crippen molar-refractivity contribution in [2.24, 2.45) is 0 Å². The standard InChI is InChI=1S/C9H11O3/c1-10-7-4-5-8(11-2)9(6-7)12-3/h4-5H,1-3H3. The highest BCUT2D eigenvalue weighted by molar-refractivity contribution is 5.44. The smallest absolute Gasteiger partial charge is 0.172 e. The summed E-state index contributed by atoms with van der Waals surface area (Å²) in [6.45, 7) is 0. The topological polar surface area (TPSA) is 27.7 Å². The van der Waals surface area contributed by atoms with Crippen LogP contribution in [-0.4, -0.2) is 21.3 Å². The Hall–Kier alpha value is -1.38. The summed E-state index contributed by atoms with van der Waals surface area (Å²) in [6.07, 6.45) is 0. The van der Waals surface area contributed by atoms with Crippen LogP contribution in [-0.2, 0) is 0 Å². The summed E-state index contributed by atoms with van der Waals surface area (Å²) in [4.78, 5) is 0. The highest BCUT2D eigenvalue weighted by Crippen LogP contribution is 2.29. The maximum absolute atomic E-state index is 5.02. The second-order valence-corrected chi connectivity index (χ2v) is 2.13. The molecule has 0 aliphatic carbocycles. The molecule has 0 bridgehead atoms. The summed E-state index contributed by atoms with van der Waals surface area (Å²) in [5.41, 5.74) is 0. The first-order valence-electron chi connectivity index (χ1n) is 3.50. The van der Waals surface area contributed by atoms with E-state index in [0.29, 0.717) is 17.2 Å². The minimum Gasteiger partial charge on any atom is -0.496 e. The van der Waals surface area contributed by atoms with Gasteiger partial charge in [-0.1, -0.05) is 0 Å². The third-order valence-corrected chi connectivity index (χ3v) is 1.49. The Kier molecular flexibility index (Phi) is 2.80. The molecule has 0 unspecified atom stereocenters. The number of hydrogen-bond donors (Lipinski definition) is 0. The van der Waals surface area contributed by atoms with Crippen LogP contribution in [0.3, 0.4) is 0 Å². The van der Waals surface area contributed by atoms with Crippen LogP contribution in [0.5, 0.6) is 17.2 Å². The van der Waals surface area contributed by atoms with Crippen molar-refractivity contribution in [3.8, 4) is 17.2 Å². The Morgan fingerprint density at radius 1 is 1.00 bits per heavy atom. The number of benzene rings is 1. The molecule has 0 saturated carbocycles. The Morgan fingerprint density at radius 2 is 1.75 bits per heavy atom. The van der Waals surface area contributed by atoms with E-state index in [1.807, 2.05) is 0 Å². The van der Waals surface area contributed by atoms with Crippen LogP contribution in [0, 0.1) is 6.07 Å². The maximum Gasteiger partial charge on any atom is 0.172 e. The van der Waals surface area contributed by atoms with Gasteiger partial charge in [-0.3, -0.25) is 0 Å². The Labute approximate surface area is 71.9 Å². The molecule has 0 aromatic heterocycles. The summed E-state index contributed by atoms with van der Waals surface area (Å²) in [6, 6.07) is 6.43. The average molecular weight is 167 g/mol. The molecule has 1 aromatic rings. The number of ether oxygens (including phenoxy) is 3. The predicted molar refractivity (Wildman–Crippen MR) is 44.9 cm³/mol. The first-order chi connectivity index (χ1) is 5.81. The van der Waals surface area contributed by atoms with Crippen LogP contribution in [0.2, 0.25) is 0 Å². The molecule has 0 N–H and O–H groups in total. The van der Waals surface area contributed by atoms with Gasteiger partial charge in [0.05, 0.1) is 27.4 Å². The Morgan fingerprint density at radius 3 is 2.25 bits per heavy atom. The van der Waals surface area contributed by atoms with Gasteiger partial charge in [0.15, 0.2) is 11.5 Å². The minimum atomic E-state index is 0.553. The molecule has 12 heavy (non-hydrogen) atoms. The number of rotatable bonds is 3. The van der Waals surface area contributed by atoms with E-state index < -0.39 is 0 Å². The molecule has 0 aliphatic heterocycles. The van der Waals surface area contributed by atoms with Gasteiger partial charge in [-0.25, -0.2) is 0 Å². The monoisotopic (exact) mass is 167 g/mol. The van der Waals surface area contributed by atoms with Crippen molar-refractivity contribution in [2.45, 2.75) is 0 Å². The van der Waals surface area contributed by atoms with Gasteiger partial charge in [-0.2, -0.15) is 0 Å². The molecule has 0 aliphatic rings. The summed E-state index contributed by atoms with van der Waals surface area (Å²) < 4.78 is 15.0. The van der Waals surface area contributed by atoms with Crippen LogP contribution in [0.1, 0.15) is 0 Å². The zero-order valence-electron chi connectivity index (χ0n) is 7.38. The fraction of sp³-hybridized carbons (Fsp3) is 0.333. The number of methoxy groups -OCH3 is 3. The van der Waals surface area contributed by atoms with Crippen molar-refractivity contribution in [3.63, 3.8) is 0 Å². The van der Waals surface area contributed by atoms with E-state index in [-0.39, 0.29) is 0 Å². The van der Waals surface area contributed by atoms with Crippen LogP contribution in [0.25, 0.3) is 0 Å². The van der Waals surface area contributed by atoms with Crippen LogP contribution in [0.4, 0.5) is 0 Å². The Balaban J connectivity index is 3.02. The molecule has 1 rings (SSSR count). The molecule has 3 heteroatoms. The van der Waals surface area contributed by atoms with Crippen LogP contribution in [0.15, 0.2) is 12.1 Å². The summed E-state index contributed by atoms with van der Waals surface area (Å²) >= 11 is 0. The minimum absolute atomic E-state index is 0.553. The van der Waals surface area contributed by atoms with Crippen LogP contribution >= 0.6 is 0 Å². The SMILES string of the molecule is COc1[c]c(OC)c(OC)cc1. The van der Waals surface area contributed by atoms with Gasteiger partial charge in [0.25, 0.3) is 0 Å². The zero-order valence-corrected chi connectivity index (χ0v) is 7.38. The summed E-state index contributed by atoms with van der Waals surface area (Å²) in [5.74, 6) is 1.84. The van der Waals surface area contributed by atoms with Gasteiger partial charge in [0.1, 0.15) is 5.75 Å². The average Bonchev–Trinajstić information content (AvgIpc) is 2.16. The molecular formula is C9H11O3. The van der Waals surface area contributed by atoms with Gasteiger partial charge in [0, 0.05) is 0 Å². The fourth-order valence-electron chi connectivity index (χ4n) is 0.874. The van der Waals surface area contributed by atoms with Crippen molar-refractivity contribution in [1.82, 2.24) is 0 Å². The third kappa shape index (κ3) is 1.61. The predicted octanol–water partition coefficient (Wildman–Crippen LogP) is 1.51. The molecule has 0 atom stereocenters. The Bertz CT molecular complexity index is 258. The van der Waals surface area contributed by atoms with Gasteiger partial charge in [-0.15, -0.1) is 0 Å². The molecule has 0 amide bonds. The second-order valence-electron chi connectivity index (χ2n) is 2.13. The van der Waals surface area contributed by atoms with E-state index in [4.69, 9.17) is 14.2 Å². The van der Waals surface area contributed by atoms with Gasteiger partial charge in [0.2, 0.25) is 0 Å². The van der Waals surface area contributed by atoms with Gasteiger partial charge < -0.3 is 14.2 Å². The summed E-state index contributed by atoms with van der Waals surface area (Å²) in [7, 11) is 4.73. The highest BCUT2D eigenvalue weighted by atomic mass is 16.5. The van der Waals surface area contributed by atoms with Crippen LogP contribution < -0.4 is 14.2 Å². The maximum atomic E-state index is 5.02. The first-order valence-corrected chi connectivity index (χ1v) is 3.50. The molecule has 0 saturated heterocycles. The van der Waals surface area contributed by atoms with Crippen molar-refractivity contribution in [2.75, 3.05) is 21.3 Å². The van der Waals surface area contributed by atoms with Crippen molar-refractivity contribution in [1.29, 1.82) is 0 Å². The number of hydrogen-bond acceptors (Lipinski definition) is 3. The molecule has 0 spiro atoms. The fourth-order valence-corrected chi connectivity index (χ4v) is 0.874. The lowest BCUT2D eigenvalue weighted by atomic mass is 10.3. The summed E-state index contributed by atoms with van der Waals surface area (Å²) in [5, 5.41) is 0. The van der Waals surface area contributed by atoms with Crippen molar-refractivity contribution < 1.29 is 14.2 Å². The van der Waals surface area contributed by atoms with E-state index in [0.717, 1.165) is 0 Å². The third-order valence-electron chi connectivity index (χ3n) is 1.49. The lowest BCUT2D eigenvalue weighted by Crippen LogP contribution is -1.91. The van der Waals surface area contributed by atoms with E-state index in [1.165, 1.54) is 0 Å². The molecule has 3 nitrogen and oxygen atoms in total. The van der Waals surface area contributed by atoms with E-state index in [9.17, 15) is 0 Å². The molecule has 0 fully saturated rings. The lowest BCUT2D eigenvalue weighted by Gasteiger charge is -2.07. The van der Waals surface area contributed by atoms with Crippen molar-refractivity contribution >= 4 is 0 Å². The molecule has 1 radical (unpaired) electrons. The normalized spacial score (nSPS) is 9.25. The quantitative estimate of drug-likeness (QED) is 0.683. The molecular weight excluding hydrogens is 156 g/mol. The molecule has 0 heterocycles.